The summed E-state index contributed by atoms with van der Waals surface area (Å²) in [4.78, 5) is 18.1. The number of rotatable bonds is 2. The van der Waals surface area contributed by atoms with E-state index in [0.717, 1.165) is 17.9 Å². The molecule has 0 bridgehead atoms. The zero-order valence-corrected chi connectivity index (χ0v) is 11.3. The first kappa shape index (κ1) is 12.2. The normalized spacial score (nSPS) is 18.8. The molecule has 3 heterocycles. The van der Waals surface area contributed by atoms with Crippen LogP contribution in [0.3, 0.4) is 0 Å². The number of hydrogen-bond donors (Lipinski definition) is 0. The highest BCUT2D eigenvalue weighted by Crippen LogP contribution is 2.26. The van der Waals surface area contributed by atoms with Crippen molar-refractivity contribution in [3.8, 4) is 11.3 Å². The number of carbonyl (C=O) groups excluding carboxylic acids is 1. The fourth-order valence-corrected chi connectivity index (χ4v) is 3.05. The number of nitrogens with zero attached hydrogens (tertiary/aromatic N) is 3. The van der Waals surface area contributed by atoms with Gasteiger partial charge in [0.1, 0.15) is 0 Å². The summed E-state index contributed by atoms with van der Waals surface area (Å²) in [6.45, 7) is 2.79. The van der Waals surface area contributed by atoms with Gasteiger partial charge >= 0.3 is 0 Å². The Morgan fingerprint density at radius 3 is 3.16 bits per heavy atom. The third kappa shape index (κ3) is 2.35. The maximum absolute atomic E-state index is 12.3. The first-order valence-corrected chi connectivity index (χ1v) is 7.10. The second-order valence-corrected chi connectivity index (χ2v) is 5.71. The minimum absolute atomic E-state index is 0.0728. The summed E-state index contributed by atoms with van der Waals surface area (Å²) in [5, 5.41) is 4.07. The van der Waals surface area contributed by atoms with Crippen LogP contribution in [0.25, 0.3) is 11.3 Å². The van der Waals surface area contributed by atoms with Gasteiger partial charge in [0.25, 0.3) is 5.91 Å². The van der Waals surface area contributed by atoms with Gasteiger partial charge in [-0.05, 0) is 19.1 Å². The number of thioether (sulfide) groups is 1. The molecular weight excluding hydrogens is 262 g/mol. The van der Waals surface area contributed by atoms with Crippen LogP contribution in [0, 0.1) is 0 Å². The van der Waals surface area contributed by atoms with Crippen molar-refractivity contribution < 1.29 is 9.32 Å². The van der Waals surface area contributed by atoms with E-state index in [-0.39, 0.29) is 11.3 Å². The first-order valence-electron chi connectivity index (χ1n) is 6.05. The second-order valence-electron chi connectivity index (χ2n) is 4.29. The Morgan fingerprint density at radius 1 is 1.58 bits per heavy atom. The molecule has 0 N–H and O–H groups in total. The van der Waals surface area contributed by atoms with Crippen LogP contribution < -0.4 is 0 Å². The maximum Gasteiger partial charge on any atom is 0.276 e. The van der Waals surface area contributed by atoms with E-state index in [1.54, 1.807) is 30.2 Å². The quantitative estimate of drug-likeness (QED) is 0.841. The SMILES string of the molecule is CC1SCCN1C(=O)c1cc(-c2cccnc2)on1. The van der Waals surface area contributed by atoms with Crippen LogP contribution in [0.4, 0.5) is 0 Å². The molecule has 0 aromatic carbocycles. The predicted molar refractivity (Wildman–Crippen MR) is 72.7 cm³/mol. The van der Waals surface area contributed by atoms with Gasteiger partial charge in [-0.15, -0.1) is 11.8 Å². The molecule has 0 aliphatic carbocycles. The first-order chi connectivity index (χ1) is 9.25. The van der Waals surface area contributed by atoms with Gasteiger partial charge in [0, 0.05) is 36.3 Å². The molecule has 1 unspecified atom stereocenters. The Kier molecular flexibility index (Phi) is 3.25. The lowest BCUT2D eigenvalue weighted by Crippen LogP contribution is -2.33. The summed E-state index contributed by atoms with van der Waals surface area (Å²) < 4.78 is 5.22. The molecule has 3 rings (SSSR count). The van der Waals surface area contributed by atoms with E-state index in [0.29, 0.717) is 11.5 Å². The Bertz CT molecular complexity index is 585. The van der Waals surface area contributed by atoms with Crippen molar-refractivity contribution in [1.29, 1.82) is 0 Å². The lowest BCUT2D eigenvalue weighted by atomic mass is 10.2. The third-order valence-electron chi connectivity index (χ3n) is 3.07. The number of hydrogen-bond acceptors (Lipinski definition) is 5. The maximum atomic E-state index is 12.3. The van der Waals surface area contributed by atoms with Crippen LogP contribution in [0.15, 0.2) is 35.1 Å². The zero-order chi connectivity index (χ0) is 13.2. The van der Waals surface area contributed by atoms with Crippen molar-refractivity contribution in [2.75, 3.05) is 12.3 Å². The summed E-state index contributed by atoms with van der Waals surface area (Å²) in [7, 11) is 0. The van der Waals surface area contributed by atoms with E-state index in [1.165, 1.54) is 0 Å². The molecule has 1 atom stereocenters. The van der Waals surface area contributed by atoms with Gasteiger partial charge in [-0.3, -0.25) is 9.78 Å². The number of amides is 1. The molecule has 0 radical (unpaired) electrons. The Hall–Kier alpha value is -1.82. The van der Waals surface area contributed by atoms with Crippen molar-refractivity contribution in [2.24, 2.45) is 0 Å². The lowest BCUT2D eigenvalue weighted by molar-refractivity contribution is 0.0758. The van der Waals surface area contributed by atoms with Crippen LogP contribution in [0.2, 0.25) is 0 Å². The molecule has 2 aromatic heterocycles. The van der Waals surface area contributed by atoms with E-state index in [4.69, 9.17) is 4.52 Å². The Morgan fingerprint density at radius 2 is 2.47 bits per heavy atom. The molecule has 0 spiro atoms. The van der Waals surface area contributed by atoms with Crippen LogP contribution in [0.1, 0.15) is 17.4 Å². The topological polar surface area (TPSA) is 59.2 Å². The minimum atomic E-state index is -0.0728. The summed E-state index contributed by atoms with van der Waals surface area (Å²) in [5.74, 6) is 1.47. The summed E-state index contributed by atoms with van der Waals surface area (Å²) >= 11 is 1.77. The average molecular weight is 275 g/mol. The third-order valence-corrected chi connectivity index (χ3v) is 4.22. The molecular formula is C13H13N3O2S. The number of pyridine rings is 1. The fourth-order valence-electron chi connectivity index (χ4n) is 2.03. The lowest BCUT2D eigenvalue weighted by Gasteiger charge is -2.18. The van der Waals surface area contributed by atoms with Gasteiger partial charge in [0.15, 0.2) is 11.5 Å². The van der Waals surface area contributed by atoms with Crippen molar-refractivity contribution in [2.45, 2.75) is 12.3 Å². The molecule has 5 nitrogen and oxygen atoms in total. The van der Waals surface area contributed by atoms with Crippen molar-refractivity contribution >= 4 is 17.7 Å². The minimum Gasteiger partial charge on any atom is -0.355 e. The van der Waals surface area contributed by atoms with E-state index >= 15 is 0 Å². The zero-order valence-electron chi connectivity index (χ0n) is 10.4. The highest BCUT2D eigenvalue weighted by molar-refractivity contribution is 8.00. The van der Waals surface area contributed by atoms with Gasteiger partial charge in [-0.2, -0.15) is 0 Å². The molecule has 1 aliphatic heterocycles. The standard InChI is InChI=1S/C13H13N3O2S/c1-9-16(5-6-19-9)13(17)11-7-12(18-15-11)10-3-2-4-14-8-10/h2-4,7-9H,5-6H2,1H3. The van der Waals surface area contributed by atoms with E-state index in [2.05, 4.69) is 10.1 Å². The van der Waals surface area contributed by atoms with Gasteiger partial charge in [0.05, 0.1) is 5.37 Å². The molecule has 1 saturated heterocycles. The largest absolute Gasteiger partial charge is 0.355 e. The Labute approximate surface area is 115 Å². The Balaban J connectivity index is 1.83. The van der Waals surface area contributed by atoms with Crippen LogP contribution in [-0.2, 0) is 0 Å². The van der Waals surface area contributed by atoms with Crippen LogP contribution in [0.5, 0.6) is 0 Å². The van der Waals surface area contributed by atoms with Gasteiger partial charge in [-0.25, -0.2) is 0 Å². The molecule has 2 aromatic rings. The number of carbonyl (C=O) groups is 1. The predicted octanol–water partition coefficient (Wildman–Crippen LogP) is 2.27. The van der Waals surface area contributed by atoms with Gasteiger partial charge in [0.2, 0.25) is 0 Å². The monoisotopic (exact) mass is 275 g/mol. The van der Waals surface area contributed by atoms with Crippen LogP contribution >= 0.6 is 11.8 Å². The van der Waals surface area contributed by atoms with Crippen molar-refractivity contribution in [3.05, 3.63) is 36.3 Å². The molecule has 0 saturated carbocycles. The molecule has 1 fully saturated rings. The summed E-state index contributed by atoms with van der Waals surface area (Å²) in [5.41, 5.74) is 1.17. The smallest absolute Gasteiger partial charge is 0.276 e. The molecule has 19 heavy (non-hydrogen) atoms. The summed E-state index contributed by atoms with van der Waals surface area (Å²) in [6.07, 6.45) is 3.37. The van der Waals surface area contributed by atoms with Crippen LogP contribution in [-0.4, -0.2) is 38.6 Å². The molecule has 1 amide bonds. The van der Waals surface area contributed by atoms with Crippen molar-refractivity contribution in [1.82, 2.24) is 15.0 Å². The van der Waals surface area contributed by atoms with E-state index in [1.807, 2.05) is 24.0 Å². The van der Waals surface area contributed by atoms with E-state index < -0.39 is 0 Å². The average Bonchev–Trinajstić information content (AvgIpc) is 3.08. The summed E-state index contributed by atoms with van der Waals surface area (Å²) in [6, 6.07) is 5.36. The molecule has 1 aliphatic rings. The highest BCUT2D eigenvalue weighted by atomic mass is 32.2. The molecule has 98 valence electrons. The highest BCUT2D eigenvalue weighted by Gasteiger charge is 2.28. The van der Waals surface area contributed by atoms with Gasteiger partial charge in [-0.1, -0.05) is 5.16 Å². The van der Waals surface area contributed by atoms with Crippen molar-refractivity contribution in [3.63, 3.8) is 0 Å². The van der Waals surface area contributed by atoms with E-state index in [9.17, 15) is 4.79 Å². The fraction of sp³-hybridized carbons (Fsp3) is 0.308. The second kappa shape index (κ2) is 5.05. The molecule has 6 heteroatoms. The number of aromatic nitrogens is 2. The van der Waals surface area contributed by atoms with Gasteiger partial charge < -0.3 is 9.42 Å².